The molecule has 4 nitrogen and oxygen atoms in total. The predicted molar refractivity (Wildman–Crippen MR) is 48.8 cm³/mol. The van der Waals surface area contributed by atoms with E-state index >= 15 is 0 Å². The van der Waals surface area contributed by atoms with E-state index in [0.717, 1.165) is 25.9 Å². The van der Waals surface area contributed by atoms with Gasteiger partial charge in [-0.15, -0.1) is 0 Å². The molecule has 0 aromatic rings. The molecule has 0 aromatic carbocycles. The van der Waals surface area contributed by atoms with Crippen molar-refractivity contribution in [3.05, 3.63) is 0 Å². The number of nitrogens with two attached hydrogens (primary N) is 1. The summed E-state index contributed by atoms with van der Waals surface area (Å²) in [5.41, 5.74) is 5.07. The monoisotopic (exact) mass is 184 g/mol. The van der Waals surface area contributed by atoms with E-state index in [-0.39, 0.29) is 18.2 Å². The molecule has 0 spiro atoms. The summed E-state index contributed by atoms with van der Waals surface area (Å²) in [6.45, 7) is 3.37. The van der Waals surface area contributed by atoms with Crippen molar-refractivity contribution in [2.24, 2.45) is 11.7 Å². The summed E-state index contributed by atoms with van der Waals surface area (Å²) in [6.07, 6.45) is 2.42. The minimum atomic E-state index is -0.396. The first-order valence-corrected chi connectivity index (χ1v) is 4.68. The summed E-state index contributed by atoms with van der Waals surface area (Å²) in [6, 6.07) is 0. The van der Waals surface area contributed by atoms with E-state index in [2.05, 4.69) is 0 Å². The second-order valence-electron chi connectivity index (χ2n) is 3.60. The first kappa shape index (κ1) is 10.0. The van der Waals surface area contributed by atoms with Crippen LogP contribution in [0.5, 0.6) is 0 Å². The van der Waals surface area contributed by atoms with Crippen molar-refractivity contribution in [2.75, 3.05) is 13.1 Å². The van der Waals surface area contributed by atoms with Crippen LogP contribution in [0.1, 0.15) is 26.2 Å². The number of rotatable bonds is 3. The molecule has 0 aliphatic carbocycles. The molecule has 1 heterocycles. The van der Waals surface area contributed by atoms with Crippen LogP contribution < -0.4 is 5.73 Å². The van der Waals surface area contributed by atoms with Gasteiger partial charge >= 0.3 is 0 Å². The third-order valence-electron chi connectivity index (χ3n) is 2.43. The molecule has 0 unspecified atom stereocenters. The Balaban J connectivity index is 2.35. The van der Waals surface area contributed by atoms with Crippen molar-refractivity contribution in [2.45, 2.75) is 26.2 Å². The van der Waals surface area contributed by atoms with Crippen molar-refractivity contribution in [3.63, 3.8) is 0 Å². The molecule has 4 heteroatoms. The third-order valence-corrected chi connectivity index (χ3v) is 2.43. The van der Waals surface area contributed by atoms with Gasteiger partial charge in [0, 0.05) is 25.4 Å². The fourth-order valence-corrected chi connectivity index (χ4v) is 1.46. The van der Waals surface area contributed by atoms with Crippen molar-refractivity contribution in [1.29, 1.82) is 0 Å². The van der Waals surface area contributed by atoms with Crippen molar-refractivity contribution in [3.8, 4) is 0 Å². The van der Waals surface area contributed by atoms with Crippen molar-refractivity contribution >= 4 is 11.8 Å². The maximum atomic E-state index is 11.5. The van der Waals surface area contributed by atoms with E-state index in [9.17, 15) is 9.59 Å². The Labute approximate surface area is 78.1 Å². The molecule has 2 N–H and O–H groups in total. The topological polar surface area (TPSA) is 63.4 Å². The summed E-state index contributed by atoms with van der Waals surface area (Å²) >= 11 is 0. The average molecular weight is 184 g/mol. The molecule has 1 rings (SSSR count). The van der Waals surface area contributed by atoms with Gasteiger partial charge in [0.1, 0.15) is 0 Å². The van der Waals surface area contributed by atoms with Crippen LogP contribution in [0.25, 0.3) is 0 Å². The molecule has 0 bridgehead atoms. The highest BCUT2D eigenvalue weighted by atomic mass is 16.2. The zero-order valence-corrected chi connectivity index (χ0v) is 7.95. The minimum absolute atomic E-state index is 0.0591. The number of hydrogen-bond acceptors (Lipinski definition) is 2. The highest BCUT2D eigenvalue weighted by molar-refractivity contribution is 5.84. The van der Waals surface area contributed by atoms with Gasteiger partial charge in [-0.05, 0) is 12.8 Å². The van der Waals surface area contributed by atoms with Crippen molar-refractivity contribution < 1.29 is 9.59 Å². The molecular formula is C9H16N2O2. The van der Waals surface area contributed by atoms with E-state index in [0.29, 0.717) is 0 Å². The van der Waals surface area contributed by atoms with Gasteiger partial charge in [0.15, 0.2) is 0 Å². The molecule has 1 aliphatic heterocycles. The lowest BCUT2D eigenvalue weighted by Crippen LogP contribution is -2.32. The standard InChI is InChI=1S/C9H16N2O2/c1-7(9(10)13)6-8(12)11-4-2-3-5-11/h7H,2-6H2,1H3,(H2,10,13)/t7-/m1/s1. The van der Waals surface area contributed by atoms with E-state index in [1.165, 1.54) is 0 Å². The Morgan fingerprint density at radius 1 is 1.38 bits per heavy atom. The van der Waals surface area contributed by atoms with E-state index in [1.54, 1.807) is 11.8 Å². The van der Waals surface area contributed by atoms with Crippen molar-refractivity contribution in [1.82, 2.24) is 4.90 Å². The molecule has 1 aliphatic rings. The molecular weight excluding hydrogens is 168 g/mol. The van der Waals surface area contributed by atoms with Gasteiger partial charge in [-0.3, -0.25) is 9.59 Å². The quantitative estimate of drug-likeness (QED) is 0.677. The fraction of sp³-hybridized carbons (Fsp3) is 0.778. The summed E-state index contributed by atoms with van der Waals surface area (Å²) in [7, 11) is 0. The van der Waals surface area contributed by atoms with Crippen LogP contribution in [0.4, 0.5) is 0 Å². The van der Waals surface area contributed by atoms with Crippen LogP contribution in [0.2, 0.25) is 0 Å². The number of carbonyl (C=O) groups is 2. The number of likely N-dealkylation sites (tertiary alicyclic amines) is 1. The molecule has 1 fully saturated rings. The smallest absolute Gasteiger partial charge is 0.223 e. The summed E-state index contributed by atoms with van der Waals surface area (Å²) in [4.78, 5) is 24.0. The summed E-state index contributed by atoms with van der Waals surface area (Å²) in [5.74, 6) is -0.676. The van der Waals surface area contributed by atoms with Gasteiger partial charge in [-0.2, -0.15) is 0 Å². The Bertz CT molecular complexity index is 210. The number of carbonyl (C=O) groups excluding carboxylic acids is 2. The highest BCUT2D eigenvalue weighted by Gasteiger charge is 2.21. The fourth-order valence-electron chi connectivity index (χ4n) is 1.46. The zero-order valence-electron chi connectivity index (χ0n) is 7.95. The Morgan fingerprint density at radius 3 is 2.38 bits per heavy atom. The summed E-state index contributed by atoms with van der Waals surface area (Å²) in [5, 5.41) is 0. The lowest BCUT2D eigenvalue weighted by molar-refractivity contribution is -0.134. The number of nitrogens with zero attached hydrogens (tertiary/aromatic N) is 1. The summed E-state index contributed by atoms with van der Waals surface area (Å²) < 4.78 is 0. The molecule has 2 amide bonds. The number of primary amides is 1. The van der Waals surface area contributed by atoms with Crippen LogP contribution >= 0.6 is 0 Å². The maximum absolute atomic E-state index is 11.5. The van der Waals surface area contributed by atoms with E-state index in [1.807, 2.05) is 0 Å². The molecule has 1 atom stereocenters. The average Bonchev–Trinajstić information content (AvgIpc) is 2.55. The van der Waals surface area contributed by atoms with Crippen LogP contribution in [0, 0.1) is 5.92 Å². The largest absolute Gasteiger partial charge is 0.369 e. The van der Waals surface area contributed by atoms with Gasteiger partial charge < -0.3 is 10.6 Å². The molecule has 0 radical (unpaired) electrons. The van der Waals surface area contributed by atoms with Crippen LogP contribution in [-0.2, 0) is 9.59 Å². The van der Waals surface area contributed by atoms with Gasteiger partial charge in [0.25, 0.3) is 0 Å². The molecule has 0 saturated carbocycles. The lowest BCUT2D eigenvalue weighted by Gasteiger charge is -2.16. The highest BCUT2D eigenvalue weighted by Crippen LogP contribution is 2.11. The second-order valence-corrected chi connectivity index (χ2v) is 3.60. The maximum Gasteiger partial charge on any atom is 0.223 e. The molecule has 1 saturated heterocycles. The van der Waals surface area contributed by atoms with Gasteiger partial charge in [0.05, 0.1) is 0 Å². The Hall–Kier alpha value is -1.06. The normalized spacial score (nSPS) is 18.7. The lowest BCUT2D eigenvalue weighted by atomic mass is 10.1. The van der Waals surface area contributed by atoms with E-state index < -0.39 is 5.91 Å². The molecule has 13 heavy (non-hydrogen) atoms. The zero-order chi connectivity index (χ0) is 9.84. The Kier molecular flexibility index (Phi) is 3.28. The van der Waals surface area contributed by atoms with E-state index in [4.69, 9.17) is 5.73 Å². The first-order valence-electron chi connectivity index (χ1n) is 4.68. The molecule has 74 valence electrons. The number of amides is 2. The van der Waals surface area contributed by atoms with Gasteiger partial charge in [0.2, 0.25) is 11.8 Å². The van der Waals surface area contributed by atoms with Crippen LogP contribution in [-0.4, -0.2) is 29.8 Å². The second kappa shape index (κ2) is 4.25. The SMILES string of the molecule is C[C@H](CC(=O)N1CCCC1)C(N)=O. The van der Waals surface area contributed by atoms with Gasteiger partial charge in [-0.1, -0.05) is 6.92 Å². The molecule has 0 aromatic heterocycles. The number of hydrogen-bond donors (Lipinski definition) is 1. The van der Waals surface area contributed by atoms with Crippen LogP contribution in [0.3, 0.4) is 0 Å². The Morgan fingerprint density at radius 2 is 1.92 bits per heavy atom. The first-order chi connectivity index (χ1) is 6.11. The third kappa shape index (κ3) is 2.72. The predicted octanol–water partition coefficient (Wildman–Crippen LogP) is 0.120. The minimum Gasteiger partial charge on any atom is -0.369 e. The van der Waals surface area contributed by atoms with Gasteiger partial charge in [-0.25, -0.2) is 0 Å². The van der Waals surface area contributed by atoms with Crippen LogP contribution in [0.15, 0.2) is 0 Å².